The van der Waals surface area contributed by atoms with Crippen molar-refractivity contribution in [2.24, 2.45) is 23.7 Å². The van der Waals surface area contributed by atoms with Crippen molar-refractivity contribution in [2.45, 2.75) is 35.3 Å². The van der Waals surface area contributed by atoms with E-state index in [0.717, 1.165) is 5.06 Å². The molecule has 3 aliphatic heterocycles. The predicted molar refractivity (Wildman–Crippen MR) is 101 cm³/mol. The zero-order valence-electron chi connectivity index (χ0n) is 13.9. The molecule has 0 aromatic heterocycles. The van der Waals surface area contributed by atoms with Crippen LogP contribution in [-0.4, -0.2) is 45.4 Å². The van der Waals surface area contributed by atoms with Crippen molar-refractivity contribution in [2.75, 3.05) is 6.61 Å². The van der Waals surface area contributed by atoms with Gasteiger partial charge in [0.05, 0.1) is 50.5 Å². The van der Waals surface area contributed by atoms with Crippen molar-refractivity contribution in [1.29, 1.82) is 0 Å². The first-order valence-corrected chi connectivity index (χ1v) is 10.4. The van der Waals surface area contributed by atoms with E-state index in [-0.39, 0.29) is 18.4 Å². The number of nitrogens with zero attached hydrogens (tertiary/aromatic N) is 1. The molecule has 0 radical (unpaired) electrons. The first-order chi connectivity index (χ1) is 12.6. The number of ether oxygens (including phenoxy) is 1. The van der Waals surface area contributed by atoms with Crippen LogP contribution in [0.2, 0.25) is 0 Å². The fourth-order valence-electron chi connectivity index (χ4n) is 5.62. The van der Waals surface area contributed by atoms with Crippen molar-refractivity contribution in [3.05, 3.63) is 21.2 Å². The molecule has 5 nitrogen and oxygen atoms in total. The van der Waals surface area contributed by atoms with Crippen LogP contribution in [0.25, 0.3) is 0 Å². The van der Waals surface area contributed by atoms with Crippen molar-refractivity contribution in [1.82, 2.24) is 5.06 Å². The Morgan fingerprint density at radius 3 is 2.07 bits per heavy atom. The van der Waals surface area contributed by atoms with Gasteiger partial charge in [-0.3, -0.25) is 14.4 Å². The third-order valence-electron chi connectivity index (χ3n) is 6.54. The molecule has 0 aromatic carbocycles. The van der Waals surface area contributed by atoms with E-state index >= 15 is 0 Å². The van der Waals surface area contributed by atoms with E-state index in [2.05, 4.69) is 0 Å². The molecule has 3 saturated heterocycles. The molecule has 0 N–H and O–H groups in total. The Morgan fingerprint density at radius 1 is 1.15 bits per heavy atom. The van der Waals surface area contributed by atoms with Gasteiger partial charge in [0.1, 0.15) is 0 Å². The Bertz CT molecular complexity index is 787. The fraction of sp³-hybridized carbons (Fsp3) is 0.647. The van der Waals surface area contributed by atoms with Crippen molar-refractivity contribution in [3.63, 3.8) is 0 Å². The van der Waals surface area contributed by atoms with Crippen LogP contribution in [0, 0.1) is 23.7 Å². The fourth-order valence-corrected chi connectivity index (χ4v) is 7.70. The van der Waals surface area contributed by atoms with E-state index in [1.165, 1.54) is 0 Å². The highest BCUT2D eigenvalue weighted by Crippen LogP contribution is 2.75. The SMILES string of the molecule is C/C(Cl)=C\CON1C(=O)[C@@H]2[C@H]3O[C@@H]([C@@H]2C1=O)[C@H]1[C@@H]3[C@@]2(Cl)C[C@@]1(Cl)C(Cl)=C2Cl. The molecule has 3 heterocycles. The summed E-state index contributed by atoms with van der Waals surface area (Å²) in [5, 5.41) is 1.98. The number of carbonyl (C=O) groups excluding carboxylic acids is 2. The van der Waals surface area contributed by atoms with Gasteiger partial charge in [0.15, 0.2) is 0 Å². The molecule has 10 heteroatoms. The van der Waals surface area contributed by atoms with Gasteiger partial charge < -0.3 is 4.74 Å². The minimum atomic E-state index is -0.967. The lowest BCUT2D eigenvalue weighted by atomic mass is 9.65. The molecule has 5 rings (SSSR count). The summed E-state index contributed by atoms with van der Waals surface area (Å²) in [5.41, 5.74) is 0. The lowest BCUT2D eigenvalue weighted by Gasteiger charge is -2.40. The van der Waals surface area contributed by atoms with Gasteiger partial charge in [-0.25, -0.2) is 0 Å². The largest absolute Gasteiger partial charge is 0.373 e. The molecule has 2 aliphatic carbocycles. The minimum Gasteiger partial charge on any atom is -0.373 e. The number of hydrogen-bond donors (Lipinski definition) is 0. The van der Waals surface area contributed by atoms with E-state index in [1.54, 1.807) is 13.0 Å². The second-order valence-corrected chi connectivity index (χ2v) is 10.5. The maximum atomic E-state index is 12.9. The van der Waals surface area contributed by atoms with Crippen LogP contribution in [0.5, 0.6) is 0 Å². The summed E-state index contributed by atoms with van der Waals surface area (Å²) >= 11 is 32.3. The first-order valence-electron chi connectivity index (χ1n) is 8.55. The van der Waals surface area contributed by atoms with Gasteiger partial charge in [-0.1, -0.05) is 34.8 Å². The standard InChI is InChI=1S/C17H14Cl5NO4/c1-5(18)2-3-26-23-14(24)6-7(15(23)25)11-9-8(10(6)27-11)16(21)4-17(9,22)13(20)12(16)19/h2,6-11H,3-4H2,1H3/b5-2+/t6-,7+,8-,9+,10+,11-,16-,17-/m0/s1. The Balaban J connectivity index is 1.49. The number of hydroxylamine groups is 2. The molecular formula is C17H14Cl5NO4. The number of carbonyl (C=O) groups is 2. The van der Waals surface area contributed by atoms with Gasteiger partial charge in [-0.05, 0) is 19.4 Å². The molecule has 5 aliphatic rings. The molecule has 4 bridgehead atoms. The summed E-state index contributed by atoms with van der Waals surface area (Å²) in [6.07, 6.45) is 0.851. The number of allylic oxidation sites excluding steroid dienone is 3. The Morgan fingerprint density at radius 2 is 1.63 bits per heavy atom. The van der Waals surface area contributed by atoms with Crippen LogP contribution in [0.1, 0.15) is 13.3 Å². The number of imide groups is 1. The lowest BCUT2D eigenvalue weighted by molar-refractivity contribution is -0.189. The number of rotatable bonds is 3. The zero-order valence-corrected chi connectivity index (χ0v) is 17.7. The van der Waals surface area contributed by atoms with Gasteiger partial charge in [-0.2, -0.15) is 5.06 Å². The van der Waals surface area contributed by atoms with Crippen LogP contribution in [0.4, 0.5) is 0 Å². The molecule has 8 atom stereocenters. The quantitative estimate of drug-likeness (QED) is 0.463. The average Bonchev–Trinajstić information content (AvgIpc) is 3.32. The van der Waals surface area contributed by atoms with Crippen LogP contribution in [0.15, 0.2) is 21.2 Å². The predicted octanol–water partition coefficient (Wildman–Crippen LogP) is 3.74. The molecule has 146 valence electrons. The van der Waals surface area contributed by atoms with Gasteiger partial charge in [-0.15, -0.1) is 23.2 Å². The third-order valence-corrected chi connectivity index (χ3v) is 9.18. The second kappa shape index (κ2) is 5.78. The van der Waals surface area contributed by atoms with Crippen LogP contribution in [-0.2, 0) is 19.2 Å². The summed E-state index contributed by atoms with van der Waals surface area (Å²) in [7, 11) is 0. The van der Waals surface area contributed by atoms with Crippen LogP contribution >= 0.6 is 58.0 Å². The first kappa shape index (κ1) is 19.0. The molecule has 4 fully saturated rings. The van der Waals surface area contributed by atoms with Gasteiger partial charge >= 0.3 is 0 Å². The summed E-state index contributed by atoms with van der Waals surface area (Å²) in [6, 6.07) is 0. The van der Waals surface area contributed by atoms with Gasteiger partial charge in [0.2, 0.25) is 0 Å². The highest BCUT2D eigenvalue weighted by atomic mass is 35.5. The summed E-state index contributed by atoms with van der Waals surface area (Å²) in [6.45, 7) is 1.70. The van der Waals surface area contributed by atoms with E-state index < -0.39 is 45.6 Å². The van der Waals surface area contributed by atoms with Crippen molar-refractivity contribution in [3.8, 4) is 0 Å². The average molecular weight is 474 g/mol. The van der Waals surface area contributed by atoms with Crippen molar-refractivity contribution >= 4 is 69.8 Å². The number of fused-ring (bicyclic) bond motifs is 12. The molecule has 1 saturated carbocycles. The number of alkyl halides is 2. The highest BCUT2D eigenvalue weighted by molar-refractivity contribution is 6.51. The Labute approximate surface area is 180 Å². The van der Waals surface area contributed by atoms with Crippen LogP contribution < -0.4 is 0 Å². The molecule has 0 aromatic rings. The van der Waals surface area contributed by atoms with E-state index in [9.17, 15) is 9.59 Å². The molecular weight excluding hydrogens is 459 g/mol. The highest BCUT2D eigenvalue weighted by Gasteiger charge is 2.82. The summed E-state index contributed by atoms with van der Waals surface area (Å²) < 4.78 is 6.08. The maximum Gasteiger partial charge on any atom is 0.260 e. The van der Waals surface area contributed by atoms with E-state index in [4.69, 9.17) is 67.6 Å². The second-order valence-electron chi connectivity index (χ2n) is 7.76. The number of amides is 2. The maximum absolute atomic E-state index is 12.9. The van der Waals surface area contributed by atoms with Gasteiger partial charge in [0.25, 0.3) is 11.8 Å². The van der Waals surface area contributed by atoms with E-state index in [1.807, 2.05) is 0 Å². The normalized spacial score (nSPS) is 50.3. The third kappa shape index (κ3) is 2.12. The Kier molecular flexibility index (Phi) is 4.06. The van der Waals surface area contributed by atoms with Crippen LogP contribution in [0.3, 0.4) is 0 Å². The van der Waals surface area contributed by atoms with Gasteiger partial charge in [0, 0.05) is 16.9 Å². The lowest BCUT2D eigenvalue weighted by Crippen LogP contribution is -2.50. The molecule has 0 spiro atoms. The summed E-state index contributed by atoms with van der Waals surface area (Å²) in [5.74, 6) is -2.70. The minimum absolute atomic E-state index is 0.0212. The smallest absolute Gasteiger partial charge is 0.260 e. The number of halogens is 5. The molecule has 2 amide bonds. The summed E-state index contributed by atoms with van der Waals surface area (Å²) in [4.78, 5) is 29.2. The monoisotopic (exact) mass is 471 g/mol. The molecule has 0 unspecified atom stereocenters. The van der Waals surface area contributed by atoms with Crippen molar-refractivity contribution < 1.29 is 19.2 Å². The Hall–Kier alpha value is -0.0100. The van der Waals surface area contributed by atoms with E-state index in [0.29, 0.717) is 21.5 Å². The zero-order chi connectivity index (χ0) is 19.5. The molecule has 27 heavy (non-hydrogen) atoms. The number of hydrogen-bond acceptors (Lipinski definition) is 4. The topological polar surface area (TPSA) is 55.8 Å².